The van der Waals surface area contributed by atoms with Gasteiger partial charge >= 0.3 is 0 Å². The molecule has 0 aliphatic rings. The third-order valence-corrected chi connectivity index (χ3v) is 0.973. The predicted octanol–water partition coefficient (Wildman–Crippen LogP) is -0.00490. The Kier molecular flexibility index (Phi) is 1.53. The SMILES string of the molecule is C=Cc1nc(N)cc(=O)[nH]1. The van der Waals surface area contributed by atoms with Gasteiger partial charge in [-0.05, 0) is 6.08 Å². The average molecular weight is 137 g/mol. The van der Waals surface area contributed by atoms with Gasteiger partial charge in [0.2, 0.25) is 0 Å². The molecule has 0 atom stereocenters. The zero-order chi connectivity index (χ0) is 7.56. The Morgan fingerprint density at radius 2 is 2.50 bits per heavy atom. The van der Waals surface area contributed by atoms with E-state index in [4.69, 9.17) is 5.73 Å². The molecule has 1 rings (SSSR count). The zero-order valence-corrected chi connectivity index (χ0v) is 5.29. The molecule has 1 aromatic heterocycles. The van der Waals surface area contributed by atoms with Crippen molar-refractivity contribution in [2.24, 2.45) is 0 Å². The van der Waals surface area contributed by atoms with Crippen LogP contribution >= 0.6 is 0 Å². The van der Waals surface area contributed by atoms with Crippen LogP contribution in [0.3, 0.4) is 0 Å². The van der Waals surface area contributed by atoms with Gasteiger partial charge in [0, 0.05) is 6.07 Å². The summed E-state index contributed by atoms with van der Waals surface area (Å²) in [6, 6.07) is 1.22. The molecule has 0 spiro atoms. The maximum Gasteiger partial charge on any atom is 0.253 e. The van der Waals surface area contributed by atoms with E-state index in [1.807, 2.05) is 0 Å². The number of hydrogen-bond donors (Lipinski definition) is 2. The van der Waals surface area contributed by atoms with E-state index in [1.54, 1.807) is 0 Å². The Labute approximate surface area is 57.4 Å². The van der Waals surface area contributed by atoms with E-state index >= 15 is 0 Å². The normalized spacial score (nSPS) is 9.20. The second kappa shape index (κ2) is 2.34. The van der Waals surface area contributed by atoms with Crippen LogP contribution in [-0.4, -0.2) is 9.97 Å². The fraction of sp³-hybridized carbons (Fsp3) is 0. The molecule has 0 saturated heterocycles. The summed E-state index contributed by atoms with van der Waals surface area (Å²) in [6.07, 6.45) is 1.43. The molecule has 52 valence electrons. The van der Waals surface area contributed by atoms with Gasteiger partial charge in [0.15, 0.2) is 0 Å². The third kappa shape index (κ3) is 1.22. The number of nitrogens with two attached hydrogens (primary N) is 1. The van der Waals surface area contributed by atoms with Crippen molar-refractivity contribution in [1.82, 2.24) is 9.97 Å². The Balaban J connectivity index is 3.32. The Bertz CT molecular complexity index is 302. The maximum atomic E-state index is 10.6. The number of H-pyrrole nitrogens is 1. The average Bonchev–Trinajstić information content (AvgIpc) is 1.85. The lowest BCUT2D eigenvalue weighted by Crippen LogP contribution is -2.09. The van der Waals surface area contributed by atoms with E-state index in [-0.39, 0.29) is 11.4 Å². The molecular weight excluding hydrogens is 130 g/mol. The zero-order valence-electron chi connectivity index (χ0n) is 5.29. The van der Waals surface area contributed by atoms with Crippen molar-refractivity contribution >= 4 is 11.9 Å². The maximum absolute atomic E-state index is 10.6. The van der Waals surface area contributed by atoms with Crippen molar-refractivity contribution in [2.75, 3.05) is 5.73 Å². The smallest absolute Gasteiger partial charge is 0.253 e. The van der Waals surface area contributed by atoms with E-state index in [9.17, 15) is 4.79 Å². The highest BCUT2D eigenvalue weighted by molar-refractivity contribution is 5.39. The molecule has 0 saturated carbocycles. The molecule has 1 heterocycles. The number of anilines is 1. The minimum absolute atomic E-state index is 0.207. The first-order valence-corrected chi connectivity index (χ1v) is 2.71. The highest BCUT2D eigenvalue weighted by atomic mass is 16.1. The van der Waals surface area contributed by atoms with Crippen molar-refractivity contribution in [3.05, 3.63) is 28.8 Å². The Hall–Kier alpha value is -1.58. The van der Waals surface area contributed by atoms with Crippen LogP contribution in [-0.2, 0) is 0 Å². The second-order valence-corrected chi connectivity index (χ2v) is 1.76. The Morgan fingerprint density at radius 1 is 1.80 bits per heavy atom. The number of aromatic amines is 1. The highest BCUT2D eigenvalue weighted by Crippen LogP contribution is 1.91. The molecule has 1 aromatic rings. The first-order valence-electron chi connectivity index (χ1n) is 2.71. The molecule has 0 aliphatic carbocycles. The van der Waals surface area contributed by atoms with Crippen LogP contribution < -0.4 is 11.3 Å². The first kappa shape index (κ1) is 6.54. The number of nitrogen functional groups attached to an aromatic ring is 1. The van der Waals surface area contributed by atoms with E-state index in [1.165, 1.54) is 12.1 Å². The van der Waals surface area contributed by atoms with Crippen LogP contribution in [0.5, 0.6) is 0 Å². The summed E-state index contributed by atoms with van der Waals surface area (Å²) < 4.78 is 0. The summed E-state index contributed by atoms with van der Waals surface area (Å²) in [5, 5.41) is 0. The van der Waals surface area contributed by atoms with Gasteiger partial charge in [0.05, 0.1) is 0 Å². The van der Waals surface area contributed by atoms with E-state index < -0.39 is 0 Å². The molecule has 4 heteroatoms. The van der Waals surface area contributed by atoms with Gasteiger partial charge in [0.25, 0.3) is 5.56 Å². The van der Waals surface area contributed by atoms with E-state index in [2.05, 4.69) is 16.5 Å². The monoisotopic (exact) mass is 137 g/mol. The Morgan fingerprint density at radius 3 is 3.00 bits per heavy atom. The molecule has 10 heavy (non-hydrogen) atoms. The molecule has 0 radical (unpaired) electrons. The lowest BCUT2D eigenvalue weighted by atomic mass is 10.5. The molecule has 0 amide bonds. The summed E-state index contributed by atoms with van der Waals surface area (Å²) in [5.41, 5.74) is 4.99. The fourth-order valence-electron chi connectivity index (χ4n) is 0.593. The molecule has 4 nitrogen and oxygen atoms in total. The van der Waals surface area contributed by atoms with Crippen LogP contribution in [0, 0.1) is 0 Å². The highest BCUT2D eigenvalue weighted by Gasteiger charge is 1.91. The van der Waals surface area contributed by atoms with Gasteiger partial charge in [-0.3, -0.25) is 4.79 Å². The molecule has 0 bridgehead atoms. The van der Waals surface area contributed by atoms with Gasteiger partial charge in [-0.2, -0.15) is 0 Å². The molecule has 3 N–H and O–H groups in total. The first-order chi connectivity index (χ1) is 4.72. The lowest BCUT2D eigenvalue weighted by Gasteiger charge is -1.92. The van der Waals surface area contributed by atoms with Gasteiger partial charge in [-0.15, -0.1) is 0 Å². The van der Waals surface area contributed by atoms with Crippen molar-refractivity contribution in [2.45, 2.75) is 0 Å². The predicted molar refractivity (Wildman–Crippen MR) is 39.4 cm³/mol. The van der Waals surface area contributed by atoms with Crippen molar-refractivity contribution < 1.29 is 0 Å². The summed E-state index contributed by atoms with van der Waals surface area (Å²) in [7, 11) is 0. The molecule has 0 aromatic carbocycles. The van der Waals surface area contributed by atoms with Crippen LogP contribution in [0.2, 0.25) is 0 Å². The molecule has 0 fully saturated rings. The van der Waals surface area contributed by atoms with Crippen molar-refractivity contribution in [1.29, 1.82) is 0 Å². The van der Waals surface area contributed by atoms with Crippen LogP contribution in [0.4, 0.5) is 5.82 Å². The van der Waals surface area contributed by atoms with Gasteiger partial charge in [-0.1, -0.05) is 6.58 Å². The third-order valence-electron chi connectivity index (χ3n) is 0.973. The van der Waals surface area contributed by atoms with Gasteiger partial charge in [-0.25, -0.2) is 4.98 Å². The van der Waals surface area contributed by atoms with E-state index in [0.29, 0.717) is 5.82 Å². The molecule has 0 unspecified atom stereocenters. The van der Waals surface area contributed by atoms with Crippen LogP contribution in [0.1, 0.15) is 5.82 Å². The fourth-order valence-corrected chi connectivity index (χ4v) is 0.593. The minimum Gasteiger partial charge on any atom is -0.383 e. The summed E-state index contributed by atoms with van der Waals surface area (Å²) in [4.78, 5) is 16.8. The van der Waals surface area contributed by atoms with Gasteiger partial charge in [0.1, 0.15) is 11.6 Å². The van der Waals surface area contributed by atoms with Crippen molar-refractivity contribution in [3.63, 3.8) is 0 Å². The number of nitrogens with one attached hydrogen (secondary N) is 1. The summed E-state index contributed by atoms with van der Waals surface area (Å²) in [6.45, 7) is 3.42. The summed E-state index contributed by atoms with van der Waals surface area (Å²) in [5.74, 6) is 0.601. The van der Waals surface area contributed by atoms with Crippen LogP contribution in [0.15, 0.2) is 17.4 Å². The van der Waals surface area contributed by atoms with E-state index in [0.717, 1.165) is 0 Å². The van der Waals surface area contributed by atoms with Crippen LogP contribution in [0.25, 0.3) is 6.08 Å². The number of rotatable bonds is 1. The number of hydrogen-bond acceptors (Lipinski definition) is 3. The topological polar surface area (TPSA) is 71.8 Å². The lowest BCUT2D eigenvalue weighted by molar-refractivity contribution is 1.10. The standard InChI is InChI=1S/C6H7N3O/c1-2-5-8-4(7)3-6(10)9-5/h2-3H,1H2,(H3,7,8,9,10). The van der Waals surface area contributed by atoms with Gasteiger partial charge < -0.3 is 10.7 Å². The largest absolute Gasteiger partial charge is 0.383 e. The number of aromatic nitrogens is 2. The minimum atomic E-state index is -0.262. The van der Waals surface area contributed by atoms with Crippen molar-refractivity contribution in [3.8, 4) is 0 Å². The quantitative estimate of drug-likeness (QED) is 0.572. The molecular formula is C6H7N3O. The number of nitrogens with zero attached hydrogens (tertiary/aromatic N) is 1. The summed E-state index contributed by atoms with van der Waals surface area (Å²) >= 11 is 0. The molecule has 0 aliphatic heterocycles. The second-order valence-electron chi connectivity index (χ2n) is 1.76.